The Labute approximate surface area is 137 Å². The third-order valence-electron chi connectivity index (χ3n) is 4.82. The third-order valence-corrected chi connectivity index (χ3v) is 5.61. The number of H-pyrrole nitrogens is 1. The molecule has 1 saturated heterocycles. The molecule has 0 aliphatic carbocycles. The van der Waals surface area contributed by atoms with Gasteiger partial charge in [-0.15, -0.1) is 11.3 Å². The van der Waals surface area contributed by atoms with Gasteiger partial charge in [-0.3, -0.25) is 9.36 Å². The number of thiazole rings is 1. The van der Waals surface area contributed by atoms with Crippen LogP contribution in [0.15, 0.2) is 10.2 Å². The molecule has 0 bridgehead atoms. The number of rotatable bonds is 2. The summed E-state index contributed by atoms with van der Waals surface area (Å²) >= 11 is 1.63. The van der Waals surface area contributed by atoms with Crippen molar-refractivity contribution in [2.24, 2.45) is 5.92 Å². The standard InChI is InChI=1S/C15H19N5O2S/c1-9-16-11(8-23-9)12-3-2-6-19(12)14(21)10-4-5-13-17-18-15(22)20(13)7-10/h8,10,12H,2-7H2,1H3,(H,18,22)/t10?,12-/m1/s1. The van der Waals surface area contributed by atoms with Crippen LogP contribution >= 0.6 is 11.3 Å². The predicted molar refractivity (Wildman–Crippen MR) is 85.2 cm³/mol. The number of hydrogen-bond donors (Lipinski definition) is 1. The highest BCUT2D eigenvalue weighted by atomic mass is 32.1. The molecule has 8 heteroatoms. The Morgan fingerprint density at radius 2 is 2.30 bits per heavy atom. The van der Waals surface area contributed by atoms with E-state index in [-0.39, 0.29) is 23.6 Å². The zero-order valence-corrected chi connectivity index (χ0v) is 13.8. The molecule has 1 amide bonds. The minimum atomic E-state index is -0.217. The summed E-state index contributed by atoms with van der Waals surface area (Å²) in [4.78, 5) is 31.3. The van der Waals surface area contributed by atoms with Gasteiger partial charge in [0.25, 0.3) is 0 Å². The molecule has 23 heavy (non-hydrogen) atoms. The maximum atomic E-state index is 13.0. The van der Waals surface area contributed by atoms with Crippen molar-refractivity contribution in [3.05, 3.63) is 32.4 Å². The normalized spacial score (nSPS) is 24.0. The second-order valence-electron chi connectivity index (χ2n) is 6.27. The largest absolute Gasteiger partial charge is 0.343 e. The van der Waals surface area contributed by atoms with Crippen LogP contribution in [0.1, 0.15) is 41.8 Å². The van der Waals surface area contributed by atoms with E-state index in [0.717, 1.165) is 42.3 Å². The third kappa shape index (κ3) is 2.50. The first-order chi connectivity index (χ1) is 11.1. The second-order valence-corrected chi connectivity index (χ2v) is 7.33. The van der Waals surface area contributed by atoms with Crippen LogP contribution in [0.2, 0.25) is 0 Å². The van der Waals surface area contributed by atoms with Crippen LogP contribution in [0.5, 0.6) is 0 Å². The summed E-state index contributed by atoms with van der Waals surface area (Å²) in [6.45, 7) is 3.20. The van der Waals surface area contributed by atoms with Gasteiger partial charge in [-0.25, -0.2) is 14.9 Å². The first-order valence-corrected chi connectivity index (χ1v) is 8.88. The Hall–Kier alpha value is -1.96. The van der Waals surface area contributed by atoms with Crippen molar-refractivity contribution >= 4 is 17.2 Å². The minimum absolute atomic E-state index is 0.0925. The highest BCUT2D eigenvalue weighted by Crippen LogP contribution is 2.34. The van der Waals surface area contributed by atoms with Gasteiger partial charge in [0.15, 0.2) is 0 Å². The smallest absolute Gasteiger partial charge is 0.334 e. The molecule has 7 nitrogen and oxygen atoms in total. The predicted octanol–water partition coefficient (Wildman–Crippen LogP) is 1.26. The van der Waals surface area contributed by atoms with Gasteiger partial charge < -0.3 is 4.90 Å². The summed E-state index contributed by atoms with van der Waals surface area (Å²) in [6.07, 6.45) is 3.40. The molecular formula is C15H19N5O2S. The van der Waals surface area contributed by atoms with E-state index in [1.54, 1.807) is 15.9 Å². The number of carbonyl (C=O) groups is 1. The van der Waals surface area contributed by atoms with Crippen molar-refractivity contribution in [1.82, 2.24) is 24.6 Å². The van der Waals surface area contributed by atoms with Gasteiger partial charge >= 0.3 is 5.69 Å². The topological polar surface area (TPSA) is 83.9 Å². The van der Waals surface area contributed by atoms with Crippen molar-refractivity contribution in [1.29, 1.82) is 0 Å². The Morgan fingerprint density at radius 3 is 3.09 bits per heavy atom. The molecule has 2 aliphatic heterocycles. The van der Waals surface area contributed by atoms with Crippen molar-refractivity contribution in [2.45, 2.75) is 45.2 Å². The number of hydrogen-bond acceptors (Lipinski definition) is 5. The molecule has 2 aliphatic rings. The second kappa shape index (κ2) is 5.59. The quantitative estimate of drug-likeness (QED) is 0.897. The van der Waals surface area contributed by atoms with Gasteiger partial charge in [0.1, 0.15) is 5.82 Å². The lowest BCUT2D eigenvalue weighted by atomic mass is 9.97. The Morgan fingerprint density at radius 1 is 1.43 bits per heavy atom. The SMILES string of the molecule is Cc1nc([C@H]2CCCN2C(=O)C2CCc3n[nH]c(=O)n3C2)cs1. The highest BCUT2D eigenvalue weighted by molar-refractivity contribution is 7.09. The number of amides is 1. The molecule has 0 saturated carbocycles. The number of aromatic nitrogens is 4. The van der Waals surface area contributed by atoms with Gasteiger partial charge in [-0.2, -0.15) is 5.10 Å². The molecule has 4 rings (SSSR count). The van der Waals surface area contributed by atoms with Crippen molar-refractivity contribution in [2.75, 3.05) is 6.54 Å². The van der Waals surface area contributed by atoms with Gasteiger partial charge in [0, 0.05) is 24.9 Å². The Bertz CT molecular complexity index is 792. The summed E-state index contributed by atoms with van der Waals surface area (Å²) in [5, 5.41) is 9.57. The molecule has 0 aromatic carbocycles. The monoisotopic (exact) mass is 333 g/mol. The maximum Gasteiger partial charge on any atom is 0.343 e. The number of aryl methyl sites for hydroxylation is 2. The van der Waals surface area contributed by atoms with E-state index >= 15 is 0 Å². The fourth-order valence-electron chi connectivity index (χ4n) is 3.65. The number of likely N-dealkylation sites (tertiary alicyclic amines) is 1. The van der Waals surface area contributed by atoms with E-state index in [0.29, 0.717) is 13.0 Å². The van der Waals surface area contributed by atoms with E-state index in [9.17, 15) is 9.59 Å². The van der Waals surface area contributed by atoms with E-state index in [2.05, 4.69) is 20.6 Å². The van der Waals surface area contributed by atoms with Crippen LogP contribution in [0, 0.1) is 12.8 Å². The minimum Gasteiger partial charge on any atom is -0.334 e. The summed E-state index contributed by atoms with van der Waals surface area (Å²) in [5.41, 5.74) is 0.793. The number of aromatic amines is 1. The molecule has 0 radical (unpaired) electrons. The number of nitrogens with one attached hydrogen (secondary N) is 1. The molecule has 0 spiro atoms. The van der Waals surface area contributed by atoms with E-state index in [1.807, 2.05) is 11.8 Å². The van der Waals surface area contributed by atoms with Crippen LogP contribution in [0.4, 0.5) is 0 Å². The van der Waals surface area contributed by atoms with Crippen LogP contribution in [-0.4, -0.2) is 37.1 Å². The average Bonchev–Trinajstić information content (AvgIpc) is 3.26. The van der Waals surface area contributed by atoms with E-state index < -0.39 is 0 Å². The molecule has 2 aromatic rings. The van der Waals surface area contributed by atoms with E-state index in [1.165, 1.54) is 0 Å². The molecule has 4 heterocycles. The highest BCUT2D eigenvalue weighted by Gasteiger charge is 2.36. The molecule has 1 unspecified atom stereocenters. The lowest BCUT2D eigenvalue weighted by molar-refractivity contribution is -0.137. The maximum absolute atomic E-state index is 13.0. The number of fused-ring (bicyclic) bond motifs is 1. The van der Waals surface area contributed by atoms with Gasteiger partial charge in [-0.05, 0) is 26.2 Å². The molecule has 1 N–H and O–H groups in total. The number of nitrogens with zero attached hydrogens (tertiary/aromatic N) is 4. The zero-order chi connectivity index (χ0) is 16.0. The van der Waals surface area contributed by atoms with Crippen molar-refractivity contribution < 1.29 is 4.79 Å². The van der Waals surface area contributed by atoms with Crippen molar-refractivity contribution in [3.63, 3.8) is 0 Å². The van der Waals surface area contributed by atoms with Crippen LogP contribution in [-0.2, 0) is 17.8 Å². The molecule has 2 aromatic heterocycles. The molecule has 122 valence electrons. The fraction of sp³-hybridized carbons (Fsp3) is 0.600. The van der Waals surface area contributed by atoms with Gasteiger partial charge in [0.2, 0.25) is 5.91 Å². The number of carbonyl (C=O) groups excluding carboxylic acids is 1. The average molecular weight is 333 g/mol. The lowest BCUT2D eigenvalue weighted by Crippen LogP contribution is -2.41. The fourth-order valence-corrected chi connectivity index (χ4v) is 4.31. The summed E-state index contributed by atoms with van der Waals surface area (Å²) in [7, 11) is 0. The van der Waals surface area contributed by atoms with E-state index in [4.69, 9.17) is 0 Å². The van der Waals surface area contributed by atoms with Crippen LogP contribution in [0.3, 0.4) is 0 Å². The summed E-state index contributed by atoms with van der Waals surface area (Å²) < 4.78 is 1.60. The molecular weight excluding hydrogens is 314 g/mol. The first kappa shape index (κ1) is 14.6. The first-order valence-electron chi connectivity index (χ1n) is 8.00. The van der Waals surface area contributed by atoms with Gasteiger partial charge in [0.05, 0.1) is 22.7 Å². The van der Waals surface area contributed by atoms with Crippen LogP contribution < -0.4 is 5.69 Å². The summed E-state index contributed by atoms with van der Waals surface area (Å²) in [5.74, 6) is 0.766. The van der Waals surface area contributed by atoms with Crippen molar-refractivity contribution in [3.8, 4) is 0 Å². The van der Waals surface area contributed by atoms with Crippen LogP contribution in [0.25, 0.3) is 0 Å². The Kier molecular flexibility index (Phi) is 3.56. The lowest BCUT2D eigenvalue weighted by Gasteiger charge is -2.30. The Balaban J connectivity index is 1.55. The summed E-state index contributed by atoms with van der Waals surface area (Å²) in [6, 6.07) is 0.0925. The molecule has 1 fully saturated rings. The van der Waals surface area contributed by atoms with Gasteiger partial charge in [-0.1, -0.05) is 0 Å². The molecule has 2 atom stereocenters. The zero-order valence-electron chi connectivity index (χ0n) is 13.0.